The Morgan fingerprint density at radius 2 is 1.67 bits per heavy atom. The fourth-order valence-electron chi connectivity index (χ4n) is 6.81. The van der Waals surface area contributed by atoms with E-state index >= 15 is 0 Å². The third-order valence-electron chi connectivity index (χ3n) is 8.71. The maximum Gasteiger partial charge on any atom is 0.250 e. The van der Waals surface area contributed by atoms with E-state index in [4.69, 9.17) is 9.47 Å². The summed E-state index contributed by atoms with van der Waals surface area (Å²) in [5.41, 5.74) is 0.989. The molecule has 3 saturated heterocycles. The van der Waals surface area contributed by atoms with E-state index in [1.165, 1.54) is 4.90 Å². The Balaban J connectivity index is 1.42. The van der Waals surface area contributed by atoms with Crippen LogP contribution < -0.4 is 20.3 Å². The lowest BCUT2D eigenvalue weighted by Crippen LogP contribution is -2.56. The highest BCUT2D eigenvalue weighted by molar-refractivity contribution is 9.09. The molecule has 5 rings (SSSR count). The minimum Gasteiger partial charge on any atom is -0.494 e. The predicted octanol–water partition coefficient (Wildman–Crippen LogP) is 3.64. The Bertz CT molecular complexity index is 1300. The zero-order chi connectivity index (χ0) is 30.2. The normalized spacial score (nSPS) is 28.4. The smallest absolute Gasteiger partial charge is 0.250 e. The second kappa shape index (κ2) is 12.2. The Morgan fingerprint density at radius 1 is 1.07 bits per heavy atom. The number of carbonyl (C=O) groups is 3. The topological polar surface area (TPSA) is 120 Å². The monoisotopic (exact) mass is 642 g/mol. The van der Waals surface area contributed by atoms with E-state index in [2.05, 4.69) is 45.3 Å². The molecule has 3 fully saturated rings. The van der Waals surface area contributed by atoms with E-state index in [9.17, 15) is 19.5 Å². The summed E-state index contributed by atoms with van der Waals surface area (Å²) >= 11 is 3.68. The molecule has 0 saturated carbocycles. The van der Waals surface area contributed by atoms with E-state index in [-0.39, 0.29) is 23.2 Å². The van der Waals surface area contributed by atoms with Gasteiger partial charge in [-0.3, -0.25) is 14.4 Å². The summed E-state index contributed by atoms with van der Waals surface area (Å²) in [5.74, 6) is -2.11. The summed E-state index contributed by atoms with van der Waals surface area (Å²) in [4.78, 5) is 45.2. The van der Waals surface area contributed by atoms with Gasteiger partial charge in [0.15, 0.2) is 0 Å². The molecule has 2 bridgehead atoms. The number of benzene rings is 2. The first kappa shape index (κ1) is 30.3. The number of hydrogen-bond acceptors (Lipinski definition) is 7. The number of ether oxygens (including phenoxy) is 2. The van der Waals surface area contributed by atoms with Crippen LogP contribution in [0.25, 0.3) is 0 Å². The van der Waals surface area contributed by atoms with Gasteiger partial charge in [-0.25, -0.2) is 0 Å². The number of fused-ring (bicyclic) bond motifs is 1. The zero-order valence-corrected chi connectivity index (χ0v) is 26.0. The van der Waals surface area contributed by atoms with Crippen molar-refractivity contribution in [1.29, 1.82) is 0 Å². The van der Waals surface area contributed by atoms with Gasteiger partial charge in [-0.15, -0.1) is 0 Å². The van der Waals surface area contributed by atoms with Crippen LogP contribution in [0.4, 0.5) is 17.1 Å². The average molecular weight is 644 g/mol. The first-order valence-corrected chi connectivity index (χ1v) is 15.5. The minimum absolute atomic E-state index is 0.231. The van der Waals surface area contributed by atoms with Crippen LogP contribution in [0.15, 0.2) is 48.5 Å². The lowest BCUT2D eigenvalue weighted by molar-refractivity contribution is -0.142. The molecule has 3 aliphatic rings. The van der Waals surface area contributed by atoms with Gasteiger partial charge in [-0.2, -0.15) is 0 Å². The van der Waals surface area contributed by atoms with E-state index in [1.807, 2.05) is 31.2 Å². The number of nitrogens with zero attached hydrogens (tertiary/aromatic N) is 2. The second-order valence-corrected chi connectivity index (χ2v) is 12.3. The first-order chi connectivity index (χ1) is 20.2. The number of halogens is 1. The Morgan fingerprint density at radius 3 is 2.24 bits per heavy atom. The van der Waals surface area contributed by atoms with E-state index in [0.29, 0.717) is 30.2 Å². The van der Waals surface area contributed by atoms with Gasteiger partial charge >= 0.3 is 0 Å². The molecule has 3 amide bonds. The highest BCUT2D eigenvalue weighted by atomic mass is 79.9. The van der Waals surface area contributed by atoms with Crippen LogP contribution >= 0.6 is 15.9 Å². The summed E-state index contributed by atoms with van der Waals surface area (Å²) in [6, 6.07) is 12.9. The Hall–Kier alpha value is -3.15. The molecule has 11 heteroatoms. The van der Waals surface area contributed by atoms with Gasteiger partial charge in [0, 0.05) is 35.0 Å². The molecule has 3 aliphatic heterocycles. The average Bonchev–Trinajstić information content (AvgIpc) is 3.58. The Kier molecular flexibility index (Phi) is 8.82. The predicted molar refractivity (Wildman–Crippen MR) is 164 cm³/mol. The van der Waals surface area contributed by atoms with Crippen LogP contribution in [-0.2, 0) is 19.1 Å². The largest absolute Gasteiger partial charge is 0.494 e. The van der Waals surface area contributed by atoms with E-state index in [0.717, 1.165) is 18.8 Å². The summed E-state index contributed by atoms with van der Waals surface area (Å²) in [6.07, 6.45) is -0.203. The van der Waals surface area contributed by atoms with Crippen molar-refractivity contribution >= 4 is 50.7 Å². The SMILES string of the molecule is CCOc1ccc(NC(=O)[C@H]2[C@H]3C(=O)N([C@H](C)CO)C(C(=O)Nc4ccc(N(CC)CC)cc4)C34CC(Br)[C@@H]2O4)cc1. The molecule has 0 aliphatic carbocycles. The molecule has 3 heterocycles. The van der Waals surface area contributed by atoms with Crippen molar-refractivity contribution < 1.29 is 29.0 Å². The summed E-state index contributed by atoms with van der Waals surface area (Å²) in [5, 5.41) is 16.0. The highest BCUT2D eigenvalue weighted by Gasteiger charge is 2.76. The standard InChI is InChI=1S/C31H39BrN4O6/c1-5-35(6-2)21-12-8-19(9-13-21)34-29(39)27-31-16-23(32)26(42-31)24(25(31)30(40)36(27)18(4)17-37)28(38)33-20-10-14-22(15-11-20)41-7-3/h8-15,18,23-27,37H,5-7,16-17H2,1-4H3,(H,33,38)(H,34,39)/t18-,23?,24+,25+,26+,27?,31?/m1/s1. The van der Waals surface area contributed by atoms with Gasteiger partial charge < -0.3 is 35.0 Å². The molecule has 2 aromatic rings. The maximum absolute atomic E-state index is 14.1. The number of aliphatic hydroxyl groups excluding tert-OH is 1. The fourth-order valence-corrected chi connectivity index (χ4v) is 7.75. The van der Waals surface area contributed by atoms with Gasteiger partial charge in [0.05, 0.1) is 37.2 Å². The van der Waals surface area contributed by atoms with Crippen molar-refractivity contribution in [3.8, 4) is 5.75 Å². The number of anilines is 3. The Labute approximate surface area is 254 Å². The lowest BCUT2D eigenvalue weighted by Gasteiger charge is -2.35. The molecule has 42 heavy (non-hydrogen) atoms. The number of nitrogens with one attached hydrogen (secondary N) is 2. The first-order valence-electron chi connectivity index (χ1n) is 14.6. The number of alkyl halides is 1. The quantitative estimate of drug-likeness (QED) is 0.320. The van der Waals surface area contributed by atoms with E-state index in [1.54, 1.807) is 31.2 Å². The van der Waals surface area contributed by atoms with Crippen LogP contribution in [0.2, 0.25) is 0 Å². The molecule has 1 spiro atoms. The van der Waals surface area contributed by atoms with Crippen molar-refractivity contribution in [3.05, 3.63) is 48.5 Å². The molecular formula is C31H39BrN4O6. The van der Waals surface area contributed by atoms with Gasteiger partial charge in [-0.05, 0) is 82.6 Å². The zero-order valence-electron chi connectivity index (χ0n) is 24.4. The molecule has 7 atom stereocenters. The number of aliphatic hydroxyl groups is 1. The lowest BCUT2D eigenvalue weighted by atomic mass is 9.70. The van der Waals surface area contributed by atoms with Crippen molar-refractivity contribution in [3.63, 3.8) is 0 Å². The van der Waals surface area contributed by atoms with Crippen LogP contribution in [-0.4, -0.2) is 82.6 Å². The number of rotatable bonds is 11. The summed E-state index contributed by atoms with van der Waals surface area (Å²) < 4.78 is 12.0. The number of carbonyl (C=O) groups excluding carboxylic acids is 3. The molecule has 0 radical (unpaired) electrons. The number of likely N-dealkylation sites (tertiary alicyclic amines) is 1. The molecule has 226 valence electrons. The summed E-state index contributed by atoms with van der Waals surface area (Å²) in [6.45, 7) is 9.69. The number of amides is 3. The van der Waals surface area contributed by atoms with Crippen molar-refractivity contribution in [2.24, 2.45) is 11.8 Å². The van der Waals surface area contributed by atoms with Crippen LogP contribution in [0.5, 0.6) is 5.75 Å². The second-order valence-electron chi connectivity index (χ2n) is 11.1. The van der Waals surface area contributed by atoms with Crippen molar-refractivity contribution in [2.45, 2.75) is 62.7 Å². The number of hydrogen-bond donors (Lipinski definition) is 3. The minimum atomic E-state index is -1.22. The third kappa shape index (κ3) is 5.16. The van der Waals surface area contributed by atoms with Gasteiger partial charge in [0.1, 0.15) is 17.4 Å². The molecule has 0 aromatic heterocycles. The van der Waals surface area contributed by atoms with Crippen molar-refractivity contribution in [2.75, 3.05) is 41.8 Å². The fraction of sp³-hybridized carbons (Fsp3) is 0.516. The van der Waals surface area contributed by atoms with Crippen molar-refractivity contribution in [1.82, 2.24) is 4.90 Å². The third-order valence-corrected chi connectivity index (χ3v) is 9.56. The van der Waals surface area contributed by atoms with Gasteiger partial charge in [0.25, 0.3) is 0 Å². The molecule has 3 N–H and O–H groups in total. The van der Waals surface area contributed by atoms with Crippen LogP contribution in [0, 0.1) is 11.8 Å². The van der Waals surface area contributed by atoms with Gasteiger partial charge in [-0.1, -0.05) is 15.9 Å². The molecule has 10 nitrogen and oxygen atoms in total. The van der Waals surface area contributed by atoms with Gasteiger partial charge in [0.2, 0.25) is 17.7 Å². The van der Waals surface area contributed by atoms with E-state index < -0.39 is 41.5 Å². The molecule has 3 unspecified atom stereocenters. The molecular weight excluding hydrogens is 604 g/mol. The summed E-state index contributed by atoms with van der Waals surface area (Å²) in [7, 11) is 0. The molecule has 2 aromatic carbocycles. The van der Waals surface area contributed by atoms with Crippen LogP contribution in [0.3, 0.4) is 0 Å². The van der Waals surface area contributed by atoms with Crippen LogP contribution in [0.1, 0.15) is 34.1 Å². The maximum atomic E-state index is 14.1. The highest BCUT2D eigenvalue weighted by Crippen LogP contribution is 2.60.